The molecule has 1 aromatic rings. The predicted octanol–water partition coefficient (Wildman–Crippen LogP) is 2.35. The van der Waals surface area contributed by atoms with E-state index in [1.165, 1.54) is 6.07 Å². The molecule has 21 heavy (non-hydrogen) atoms. The summed E-state index contributed by atoms with van der Waals surface area (Å²) in [5, 5.41) is 9.78. The Balaban J connectivity index is 2.66. The molecule has 0 radical (unpaired) electrons. The van der Waals surface area contributed by atoms with E-state index in [0.717, 1.165) is 25.0 Å². The highest BCUT2D eigenvalue weighted by atomic mass is 32.2. The SMILES string of the molecule is CCCC(C)CS(=O)(=O)NCC(O)c1c(F)cccc1F. The largest absolute Gasteiger partial charge is 0.387 e. The molecule has 0 saturated heterocycles. The molecule has 0 bridgehead atoms. The van der Waals surface area contributed by atoms with Crippen LogP contribution in [0.15, 0.2) is 18.2 Å². The Morgan fingerprint density at radius 2 is 1.86 bits per heavy atom. The molecule has 4 nitrogen and oxygen atoms in total. The van der Waals surface area contributed by atoms with Gasteiger partial charge < -0.3 is 5.11 Å². The number of nitrogens with one attached hydrogen (secondary N) is 1. The van der Waals surface area contributed by atoms with Gasteiger partial charge in [0.15, 0.2) is 0 Å². The van der Waals surface area contributed by atoms with Crippen molar-refractivity contribution in [2.24, 2.45) is 5.92 Å². The van der Waals surface area contributed by atoms with Crippen LogP contribution >= 0.6 is 0 Å². The third-order valence-electron chi connectivity index (χ3n) is 3.11. The third kappa shape index (κ3) is 5.68. The Morgan fingerprint density at radius 3 is 2.38 bits per heavy atom. The van der Waals surface area contributed by atoms with Gasteiger partial charge in [0.25, 0.3) is 0 Å². The number of aliphatic hydroxyl groups excluding tert-OH is 1. The van der Waals surface area contributed by atoms with Gasteiger partial charge in [-0.1, -0.05) is 26.3 Å². The summed E-state index contributed by atoms with van der Waals surface area (Å²) in [6.45, 7) is 3.32. The second-order valence-electron chi connectivity index (χ2n) is 5.17. The molecule has 0 heterocycles. The first-order valence-electron chi connectivity index (χ1n) is 6.86. The van der Waals surface area contributed by atoms with Crippen molar-refractivity contribution in [2.75, 3.05) is 12.3 Å². The first kappa shape index (κ1) is 18.0. The van der Waals surface area contributed by atoms with Crippen molar-refractivity contribution in [1.29, 1.82) is 0 Å². The van der Waals surface area contributed by atoms with E-state index in [4.69, 9.17) is 0 Å². The van der Waals surface area contributed by atoms with E-state index in [-0.39, 0.29) is 11.7 Å². The average Bonchev–Trinajstić information content (AvgIpc) is 2.36. The second kappa shape index (κ2) is 7.82. The van der Waals surface area contributed by atoms with E-state index in [9.17, 15) is 22.3 Å². The van der Waals surface area contributed by atoms with Crippen LogP contribution in [0.2, 0.25) is 0 Å². The van der Waals surface area contributed by atoms with Gasteiger partial charge in [-0.2, -0.15) is 0 Å². The molecule has 0 aliphatic rings. The number of hydrogen-bond donors (Lipinski definition) is 2. The minimum atomic E-state index is -3.59. The molecule has 1 aromatic carbocycles. The van der Waals surface area contributed by atoms with E-state index < -0.39 is 39.9 Å². The van der Waals surface area contributed by atoms with Gasteiger partial charge in [-0.3, -0.25) is 0 Å². The van der Waals surface area contributed by atoms with Crippen LogP contribution in [0.1, 0.15) is 38.4 Å². The van der Waals surface area contributed by atoms with E-state index in [1.54, 1.807) is 0 Å². The summed E-state index contributed by atoms with van der Waals surface area (Å²) in [6, 6.07) is 3.20. The van der Waals surface area contributed by atoms with E-state index >= 15 is 0 Å². The molecule has 0 aromatic heterocycles. The maximum absolute atomic E-state index is 13.5. The number of sulfonamides is 1. The van der Waals surface area contributed by atoms with Crippen LogP contribution in [0.25, 0.3) is 0 Å². The Kier molecular flexibility index (Phi) is 6.70. The number of aliphatic hydroxyl groups is 1. The molecule has 0 aliphatic carbocycles. The van der Waals surface area contributed by atoms with E-state index in [1.807, 2.05) is 13.8 Å². The highest BCUT2D eigenvalue weighted by molar-refractivity contribution is 7.89. The lowest BCUT2D eigenvalue weighted by molar-refractivity contribution is 0.172. The monoisotopic (exact) mass is 321 g/mol. The van der Waals surface area contributed by atoms with Gasteiger partial charge in [0.1, 0.15) is 11.6 Å². The van der Waals surface area contributed by atoms with Crippen LogP contribution in [0.4, 0.5) is 8.78 Å². The molecular weight excluding hydrogens is 300 g/mol. The Bertz CT molecular complexity index is 543. The van der Waals surface area contributed by atoms with E-state index in [2.05, 4.69) is 4.72 Å². The molecule has 0 aliphatic heterocycles. The van der Waals surface area contributed by atoms with Crippen molar-refractivity contribution < 1.29 is 22.3 Å². The lowest BCUT2D eigenvalue weighted by atomic mass is 10.1. The maximum atomic E-state index is 13.5. The number of halogens is 2. The summed E-state index contributed by atoms with van der Waals surface area (Å²) >= 11 is 0. The minimum absolute atomic E-state index is 0.0187. The molecule has 2 N–H and O–H groups in total. The fourth-order valence-electron chi connectivity index (χ4n) is 2.15. The lowest BCUT2D eigenvalue weighted by Gasteiger charge is -2.16. The lowest BCUT2D eigenvalue weighted by Crippen LogP contribution is -2.33. The van der Waals surface area contributed by atoms with Crippen molar-refractivity contribution in [2.45, 2.75) is 32.8 Å². The second-order valence-corrected chi connectivity index (χ2v) is 7.03. The zero-order valence-corrected chi connectivity index (χ0v) is 13.0. The molecule has 2 unspecified atom stereocenters. The molecule has 0 saturated carbocycles. The molecule has 7 heteroatoms. The van der Waals surface area contributed by atoms with Gasteiger partial charge in [0.05, 0.1) is 17.4 Å². The van der Waals surface area contributed by atoms with Crippen LogP contribution in [0, 0.1) is 17.6 Å². The van der Waals surface area contributed by atoms with Crippen molar-refractivity contribution in [1.82, 2.24) is 4.72 Å². The van der Waals surface area contributed by atoms with Gasteiger partial charge in [-0.05, 0) is 24.5 Å². The highest BCUT2D eigenvalue weighted by Gasteiger charge is 2.21. The quantitative estimate of drug-likeness (QED) is 0.772. The van der Waals surface area contributed by atoms with Crippen molar-refractivity contribution in [3.63, 3.8) is 0 Å². The predicted molar refractivity (Wildman–Crippen MR) is 77.2 cm³/mol. The van der Waals surface area contributed by atoms with Crippen LogP contribution in [0.3, 0.4) is 0 Å². The molecule has 2 atom stereocenters. The van der Waals surface area contributed by atoms with Crippen LogP contribution < -0.4 is 4.72 Å². The molecule has 120 valence electrons. The third-order valence-corrected chi connectivity index (χ3v) is 4.73. The van der Waals surface area contributed by atoms with Gasteiger partial charge in [0, 0.05) is 6.54 Å². The fraction of sp³-hybridized carbons (Fsp3) is 0.571. The van der Waals surface area contributed by atoms with Crippen LogP contribution in [-0.4, -0.2) is 25.8 Å². The number of hydrogen-bond acceptors (Lipinski definition) is 3. The van der Waals surface area contributed by atoms with Crippen LogP contribution in [0.5, 0.6) is 0 Å². The van der Waals surface area contributed by atoms with Crippen molar-refractivity contribution in [3.8, 4) is 0 Å². The molecule has 0 amide bonds. The average molecular weight is 321 g/mol. The fourth-order valence-corrected chi connectivity index (χ4v) is 3.59. The first-order chi connectivity index (χ1) is 9.76. The van der Waals surface area contributed by atoms with Gasteiger partial charge in [0.2, 0.25) is 10.0 Å². The maximum Gasteiger partial charge on any atom is 0.211 e. The summed E-state index contributed by atoms with van der Waals surface area (Å²) in [5.41, 5.74) is -0.526. The summed E-state index contributed by atoms with van der Waals surface area (Å²) in [5.74, 6) is -1.90. The molecular formula is C14H21F2NO3S. The topological polar surface area (TPSA) is 66.4 Å². The summed E-state index contributed by atoms with van der Waals surface area (Å²) in [4.78, 5) is 0. The van der Waals surface area contributed by atoms with Crippen molar-refractivity contribution >= 4 is 10.0 Å². The zero-order valence-electron chi connectivity index (χ0n) is 12.1. The highest BCUT2D eigenvalue weighted by Crippen LogP contribution is 2.20. The Morgan fingerprint density at radius 1 is 1.29 bits per heavy atom. The van der Waals surface area contributed by atoms with Gasteiger partial charge >= 0.3 is 0 Å². The Hall–Kier alpha value is -1.05. The van der Waals surface area contributed by atoms with Crippen LogP contribution in [-0.2, 0) is 10.0 Å². The van der Waals surface area contributed by atoms with Gasteiger partial charge in [-0.25, -0.2) is 21.9 Å². The van der Waals surface area contributed by atoms with E-state index in [0.29, 0.717) is 0 Å². The number of benzene rings is 1. The summed E-state index contributed by atoms with van der Waals surface area (Å²) < 4.78 is 52.7. The molecule has 0 spiro atoms. The van der Waals surface area contributed by atoms with Gasteiger partial charge in [-0.15, -0.1) is 0 Å². The zero-order chi connectivity index (χ0) is 16.0. The molecule has 1 rings (SSSR count). The normalized spacial score (nSPS) is 14.9. The first-order valence-corrected chi connectivity index (χ1v) is 8.51. The summed E-state index contributed by atoms with van der Waals surface area (Å²) in [6.07, 6.45) is 0.0768. The van der Waals surface area contributed by atoms with Crippen molar-refractivity contribution in [3.05, 3.63) is 35.4 Å². The Labute approximate surface area is 124 Å². The smallest absolute Gasteiger partial charge is 0.211 e. The standard InChI is InChI=1S/C14H21F2NO3S/c1-3-5-10(2)9-21(19,20)17-8-13(18)14-11(15)6-4-7-12(14)16/h4,6-7,10,13,17-18H,3,5,8-9H2,1-2H3. The summed E-state index contributed by atoms with van der Waals surface area (Å²) in [7, 11) is -3.59. The minimum Gasteiger partial charge on any atom is -0.387 e. The molecule has 0 fully saturated rings. The number of rotatable bonds is 8.